The molecular weight excluding hydrogens is 388 g/mol. The van der Waals surface area contributed by atoms with E-state index in [9.17, 15) is 9.59 Å². The molecule has 1 aliphatic heterocycles. The number of rotatable bonds is 5. The maximum atomic E-state index is 12.6. The van der Waals surface area contributed by atoms with Crippen molar-refractivity contribution in [1.29, 1.82) is 0 Å². The lowest BCUT2D eigenvalue weighted by molar-refractivity contribution is 0.0935. The first-order valence-corrected chi connectivity index (χ1v) is 10.2. The second-order valence-electron chi connectivity index (χ2n) is 6.65. The molecule has 1 saturated heterocycles. The summed E-state index contributed by atoms with van der Waals surface area (Å²) in [6.45, 7) is 3.33. The highest BCUT2D eigenvalue weighted by atomic mass is 32.1. The van der Waals surface area contributed by atoms with E-state index in [2.05, 4.69) is 25.6 Å². The van der Waals surface area contributed by atoms with Gasteiger partial charge in [0, 0.05) is 36.6 Å². The van der Waals surface area contributed by atoms with Gasteiger partial charge in [0.25, 0.3) is 5.91 Å². The van der Waals surface area contributed by atoms with Gasteiger partial charge in [-0.25, -0.2) is 9.78 Å². The van der Waals surface area contributed by atoms with Gasteiger partial charge in [-0.15, -0.1) is 11.3 Å². The predicted molar refractivity (Wildman–Crippen MR) is 111 cm³/mol. The van der Waals surface area contributed by atoms with E-state index in [1.165, 1.54) is 11.3 Å². The number of urea groups is 1. The summed E-state index contributed by atoms with van der Waals surface area (Å²) < 4.78 is 0. The zero-order chi connectivity index (χ0) is 20.2. The molecule has 148 valence electrons. The SMILES string of the molecule is C[C@@H](NC(=O)c1csc(-c2cnccn2)n1)c1ccc(N2CCCNC2=O)cc1. The van der Waals surface area contributed by atoms with Gasteiger partial charge in [0.1, 0.15) is 16.4 Å². The molecule has 0 aliphatic carbocycles. The van der Waals surface area contributed by atoms with Gasteiger partial charge >= 0.3 is 6.03 Å². The smallest absolute Gasteiger partial charge is 0.321 e. The van der Waals surface area contributed by atoms with E-state index in [1.807, 2.05) is 31.2 Å². The molecule has 2 N–H and O–H groups in total. The fourth-order valence-corrected chi connectivity index (χ4v) is 3.84. The highest BCUT2D eigenvalue weighted by Crippen LogP contribution is 2.23. The largest absolute Gasteiger partial charge is 0.344 e. The minimum atomic E-state index is -0.247. The zero-order valence-corrected chi connectivity index (χ0v) is 16.6. The Kier molecular flexibility index (Phi) is 5.48. The summed E-state index contributed by atoms with van der Waals surface area (Å²) in [7, 11) is 0. The lowest BCUT2D eigenvalue weighted by Gasteiger charge is -2.27. The van der Waals surface area contributed by atoms with Crippen molar-refractivity contribution in [2.24, 2.45) is 0 Å². The van der Waals surface area contributed by atoms with Crippen molar-refractivity contribution in [3.05, 3.63) is 59.5 Å². The van der Waals surface area contributed by atoms with Crippen LogP contribution in [0.25, 0.3) is 10.7 Å². The zero-order valence-electron chi connectivity index (χ0n) is 15.8. The Balaban J connectivity index is 1.41. The maximum Gasteiger partial charge on any atom is 0.321 e. The minimum absolute atomic E-state index is 0.0761. The molecule has 0 saturated carbocycles. The van der Waals surface area contributed by atoms with Gasteiger partial charge < -0.3 is 10.6 Å². The lowest BCUT2D eigenvalue weighted by Crippen LogP contribution is -2.46. The van der Waals surface area contributed by atoms with Gasteiger partial charge in [0.2, 0.25) is 0 Å². The van der Waals surface area contributed by atoms with Gasteiger partial charge in [-0.1, -0.05) is 12.1 Å². The number of aromatic nitrogens is 3. The van der Waals surface area contributed by atoms with Gasteiger partial charge in [0.15, 0.2) is 0 Å². The van der Waals surface area contributed by atoms with E-state index in [1.54, 1.807) is 28.9 Å². The van der Waals surface area contributed by atoms with Gasteiger partial charge in [-0.2, -0.15) is 0 Å². The van der Waals surface area contributed by atoms with E-state index in [4.69, 9.17) is 0 Å². The fourth-order valence-electron chi connectivity index (χ4n) is 3.08. The predicted octanol–water partition coefficient (Wildman–Crippen LogP) is 3.01. The number of thiazole rings is 1. The number of nitrogens with one attached hydrogen (secondary N) is 2. The number of hydrogen-bond acceptors (Lipinski definition) is 6. The molecule has 3 amide bonds. The molecule has 1 aromatic carbocycles. The third kappa shape index (κ3) is 4.24. The van der Waals surface area contributed by atoms with Crippen LogP contribution in [0.5, 0.6) is 0 Å². The molecule has 3 heterocycles. The van der Waals surface area contributed by atoms with E-state index in [-0.39, 0.29) is 18.0 Å². The van der Waals surface area contributed by atoms with Crippen molar-refractivity contribution in [3.8, 4) is 10.7 Å². The number of nitrogens with zero attached hydrogens (tertiary/aromatic N) is 4. The molecule has 0 radical (unpaired) electrons. The van der Waals surface area contributed by atoms with Gasteiger partial charge in [-0.05, 0) is 31.0 Å². The first-order valence-electron chi connectivity index (χ1n) is 9.30. The van der Waals surface area contributed by atoms with E-state index in [0.29, 0.717) is 29.5 Å². The lowest BCUT2D eigenvalue weighted by atomic mass is 10.1. The van der Waals surface area contributed by atoms with Gasteiger partial charge in [-0.3, -0.25) is 19.7 Å². The van der Waals surface area contributed by atoms with Crippen LogP contribution in [0.1, 0.15) is 35.4 Å². The quantitative estimate of drug-likeness (QED) is 0.676. The molecule has 8 nitrogen and oxygen atoms in total. The number of anilines is 1. The van der Waals surface area contributed by atoms with Crippen molar-refractivity contribution in [2.45, 2.75) is 19.4 Å². The van der Waals surface area contributed by atoms with Crippen molar-refractivity contribution in [3.63, 3.8) is 0 Å². The van der Waals surface area contributed by atoms with Crippen LogP contribution in [0, 0.1) is 0 Å². The third-order valence-electron chi connectivity index (χ3n) is 4.65. The van der Waals surface area contributed by atoms with E-state index < -0.39 is 0 Å². The summed E-state index contributed by atoms with van der Waals surface area (Å²) >= 11 is 1.35. The Morgan fingerprint density at radius 3 is 2.83 bits per heavy atom. The first-order chi connectivity index (χ1) is 14.1. The van der Waals surface area contributed by atoms with E-state index in [0.717, 1.165) is 17.7 Å². The van der Waals surface area contributed by atoms with E-state index >= 15 is 0 Å². The molecule has 0 unspecified atom stereocenters. The first kappa shape index (κ1) is 19.0. The molecule has 2 aromatic heterocycles. The number of benzene rings is 1. The summed E-state index contributed by atoms with van der Waals surface area (Å²) in [5, 5.41) is 8.17. The molecular formula is C20H20N6O2S. The molecule has 1 aliphatic rings. The Bertz CT molecular complexity index is 1010. The topological polar surface area (TPSA) is 100 Å². The Labute approximate surface area is 172 Å². The van der Waals surface area contributed by atoms with Crippen LogP contribution >= 0.6 is 11.3 Å². The molecule has 9 heteroatoms. The van der Waals surface area contributed by atoms with Crippen LogP contribution in [-0.4, -0.2) is 40.0 Å². The molecule has 29 heavy (non-hydrogen) atoms. The summed E-state index contributed by atoms with van der Waals surface area (Å²) in [5.41, 5.74) is 2.78. The Morgan fingerprint density at radius 1 is 1.28 bits per heavy atom. The van der Waals surface area contributed by atoms with Crippen molar-refractivity contribution < 1.29 is 9.59 Å². The molecule has 3 aromatic rings. The Hall–Kier alpha value is -3.33. The molecule has 4 rings (SSSR count). The third-order valence-corrected chi connectivity index (χ3v) is 5.52. The van der Waals surface area contributed by atoms with Crippen molar-refractivity contribution in [2.75, 3.05) is 18.0 Å². The number of carbonyl (C=O) groups excluding carboxylic acids is 2. The van der Waals surface area contributed by atoms with Crippen molar-refractivity contribution >= 4 is 29.0 Å². The number of hydrogen-bond donors (Lipinski definition) is 2. The van der Waals surface area contributed by atoms with Crippen LogP contribution in [0.2, 0.25) is 0 Å². The summed E-state index contributed by atoms with van der Waals surface area (Å²) in [4.78, 5) is 38.8. The fraction of sp³-hybridized carbons (Fsp3) is 0.250. The normalized spacial score (nSPS) is 14.9. The summed E-state index contributed by atoms with van der Waals surface area (Å²) in [5.74, 6) is -0.247. The van der Waals surface area contributed by atoms with Crippen molar-refractivity contribution in [1.82, 2.24) is 25.6 Å². The second kappa shape index (κ2) is 8.36. The van der Waals surface area contributed by atoms with Crippen LogP contribution < -0.4 is 15.5 Å². The highest BCUT2D eigenvalue weighted by molar-refractivity contribution is 7.13. The number of carbonyl (C=O) groups is 2. The minimum Gasteiger partial charge on any atom is -0.344 e. The summed E-state index contributed by atoms with van der Waals surface area (Å²) in [6, 6.07) is 7.37. The molecule has 0 bridgehead atoms. The molecule has 0 spiro atoms. The average molecular weight is 408 g/mol. The monoisotopic (exact) mass is 408 g/mol. The Morgan fingerprint density at radius 2 is 2.10 bits per heavy atom. The standard InChI is InChI=1S/C20H20N6O2S/c1-13(14-3-5-15(6-4-14)26-10-2-7-23-20(26)28)24-18(27)17-12-29-19(25-17)16-11-21-8-9-22-16/h3-6,8-9,11-13H,2,7,10H2,1H3,(H,23,28)(H,24,27)/t13-/m1/s1. The maximum absolute atomic E-state index is 12.6. The average Bonchev–Trinajstić information content (AvgIpc) is 3.25. The van der Waals surface area contributed by atoms with Crippen LogP contribution in [0.4, 0.5) is 10.5 Å². The van der Waals surface area contributed by atoms with Crippen LogP contribution in [-0.2, 0) is 0 Å². The molecule has 1 atom stereocenters. The highest BCUT2D eigenvalue weighted by Gasteiger charge is 2.20. The number of amides is 3. The van der Waals surface area contributed by atoms with Crippen LogP contribution in [0.3, 0.4) is 0 Å². The second-order valence-corrected chi connectivity index (χ2v) is 7.51. The van der Waals surface area contributed by atoms with Crippen LogP contribution in [0.15, 0.2) is 48.2 Å². The van der Waals surface area contributed by atoms with Gasteiger partial charge in [0.05, 0.1) is 12.2 Å². The summed E-state index contributed by atoms with van der Waals surface area (Å²) in [6.07, 6.45) is 5.72. The molecule has 1 fully saturated rings.